The van der Waals surface area contributed by atoms with Crippen molar-refractivity contribution in [2.45, 2.75) is 6.54 Å². The Bertz CT molecular complexity index is 916. The predicted molar refractivity (Wildman–Crippen MR) is 92.8 cm³/mol. The van der Waals surface area contributed by atoms with Crippen LogP contribution in [0, 0.1) is 10.1 Å². The summed E-state index contributed by atoms with van der Waals surface area (Å²) in [7, 11) is 0. The molecule has 0 saturated carbocycles. The summed E-state index contributed by atoms with van der Waals surface area (Å²) in [6, 6.07) is 8.61. The van der Waals surface area contributed by atoms with Gasteiger partial charge in [0, 0.05) is 18.7 Å². The van der Waals surface area contributed by atoms with Gasteiger partial charge < -0.3 is 19.5 Å². The molecule has 9 nitrogen and oxygen atoms in total. The fourth-order valence-electron chi connectivity index (χ4n) is 2.29. The number of nitrogens with one attached hydrogen (secondary N) is 1. The van der Waals surface area contributed by atoms with Gasteiger partial charge in [0.05, 0.1) is 15.5 Å². The molecule has 10 heteroatoms. The summed E-state index contributed by atoms with van der Waals surface area (Å²) in [6.45, 7) is -0.200. The van der Waals surface area contributed by atoms with E-state index in [1.807, 2.05) is 0 Å². The topological polar surface area (TPSA) is 117 Å². The number of nitro groups is 1. The van der Waals surface area contributed by atoms with Crippen LogP contribution in [0.2, 0.25) is 5.02 Å². The summed E-state index contributed by atoms with van der Waals surface area (Å²) >= 11 is 5.85. The Kier molecular flexibility index (Phi) is 5.41. The maximum Gasteiger partial charge on any atom is 0.340 e. The zero-order chi connectivity index (χ0) is 19.4. The molecule has 3 rings (SSSR count). The highest BCUT2D eigenvalue weighted by Gasteiger charge is 2.18. The third-order valence-corrected chi connectivity index (χ3v) is 3.97. The van der Waals surface area contributed by atoms with Crippen LogP contribution < -0.4 is 14.8 Å². The van der Waals surface area contributed by atoms with Gasteiger partial charge in [-0.1, -0.05) is 17.7 Å². The maximum atomic E-state index is 12.0. The first-order valence-electron chi connectivity index (χ1n) is 7.70. The SMILES string of the molecule is O=C(COC(=O)c1cc([N+](=O)[O-])ccc1Cl)NCc1ccc2c(c1)OCO2. The highest BCUT2D eigenvalue weighted by atomic mass is 35.5. The number of fused-ring (bicyclic) bond motifs is 1. The number of halogens is 1. The first kappa shape index (κ1) is 18.5. The molecule has 1 aliphatic heterocycles. The van der Waals surface area contributed by atoms with E-state index < -0.39 is 23.4 Å². The van der Waals surface area contributed by atoms with E-state index in [-0.39, 0.29) is 29.6 Å². The summed E-state index contributed by atoms with van der Waals surface area (Å²) in [5, 5.41) is 13.4. The van der Waals surface area contributed by atoms with Crippen LogP contribution in [0.25, 0.3) is 0 Å². The lowest BCUT2D eigenvalue weighted by Gasteiger charge is -2.08. The predicted octanol–water partition coefficient (Wildman–Crippen LogP) is 2.45. The molecular formula is C17H13ClN2O7. The largest absolute Gasteiger partial charge is 0.454 e. The van der Waals surface area contributed by atoms with Crippen molar-refractivity contribution in [1.82, 2.24) is 5.32 Å². The minimum atomic E-state index is -0.929. The van der Waals surface area contributed by atoms with Gasteiger partial charge in [0.2, 0.25) is 6.79 Å². The average molecular weight is 393 g/mol. The highest BCUT2D eigenvalue weighted by Crippen LogP contribution is 2.32. The minimum Gasteiger partial charge on any atom is -0.454 e. The maximum absolute atomic E-state index is 12.0. The molecule has 0 unspecified atom stereocenters. The molecule has 2 aromatic rings. The number of ether oxygens (including phenoxy) is 3. The molecule has 0 radical (unpaired) electrons. The van der Waals surface area contributed by atoms with Crippen LogP contribution in [0.15, 0.2) is 36.4 Å². The molecule has 0 bridgehead atoms. The Balaban J connectivity index is 1.52. The van der Waals surface area contributed by atoms with Crippen LogP contribution >= 0.6 is 11.6 Å². The summed E-state index contributed by atoms with van der Waals surface area (Å²) in [5.41, 5.74) is 0.286. The van der Waals surface area contributed by atoms with Crippen LogP contribution in [-0.4, -0.2) is 30.2 Å². The van der Waals surface area contributed by atoms with Crippen LogP contribution in [-0.2, 0) is 16.1 Å². The molecule has 0 fully saturated rings. The molecule has 1 amide bonds. The minimum absolute atomic E-state index is 0.00799. The zero-order valence-corrected chi connectivity index (χ0v) is 14.5. The van der Waals surface area contributed by atoms with Crippen LogP contribution in [0.3, 0.4) is 0 Å². The number of benzene rings is 2. The molecule has 27 heavy (non-hydrogen) atoms. The van der Waals surface area contributed by atoms with Crippen molar-refractivity contribution in [1.29, 1.82) is 0 Å². The summed E-state index contributed by atoms with van der Waals surface area (Å²) in [4.78, 5) is 34.0. The standard InChI is InChI=1S/C17H13ClN2O7/c18-13-3-2-11(20(23)24)6-12(13)17(22)25-8-16(21)19-7-10-1-4-14-15(5-10)27-9-26-14/h1-6H,7-9H2,(H,19,21). The molecule has 0 aromatic heterocycles. The number of carbonyl (C=O) groups excluding carboxylic acids is 2. The van der Waals surface area contributed by atoms with Crippen molar-refractivity contribution in [2.24, 2.45) is 0 Å². The lowest BCUT2D eigenvalue weighted by Crippen LogP contribution is -2.28. The monoisotopic (exact) mass is 392 g/mol. The first-order chi connectivity index (χ1) is 12.9. The third-order valence-electron chi connectivity index (χ3n) is 3.64. The molecule has 1 heterocycles. The van der Waals surface area contributed by atoms with Gasteiger partial charge in [-0.15, -0.1) is 0 Å². The average Bonchev–Trinajstić information content (AvgIpc) is 3.12. The molecule has 0 atom stereocenters. The quantitative estimate of drug-likeness (QED) is 0.455. The Hall–Kier alpha value is -3.33. The molecular weight excluding hydrogens is 380 g/mol. The smallest absolute Gasteiger partial charge is 0.340 e. The summed E-state index contributed by atoms with van der Waals surface area (Å²) in [5.74, 6) is -0.245. The van der Waals surface area contributed by atoms with Crippen LogP contribution in [0.5, 0.6) is 11.5 Å². The molecule has 0 aliphatic carbocycles. The van der Waals surface area contributed by atoms with Crippen molar-refractivity contribution < 1.29 is 28.7 Å². The zero-order valence-electron chi connectivity index (χ0n) is 13.8. The number of carbonyl (C=O) groups is 2. The molecule has 140 valence electrons. The van der Waals surface area contributed by atoms with E-state index in [0.717, 1.165) is 17.7 Å². The van der Waals surface area contributed by atoms with E-state index in [2.05, 4.69) is 5.32 Å². The van der Waals surface area contributed by atoms with Gasteiger partial charge in [-0.2, -0.15) is 0 Å². The Morgan fingerprint density at radius 1 is 1.19 bits per heavy atom. The van der Waals surface area contributed by atoms with Gasteiger partial charge in [0.25, 0.3) is 11.6 Å². The lowest BCUT2D eigenvalue weighted by molar-refractivity contribution is -0.384. The Morgan fingerprint density at radius 2 is 1.96 bits per heavy atom. The number of nitrogens with zero attached hydrogens (tertiary/aromatic N) is 1. The molecule has 0 saturated heterocycles. The second-order valence-corrected chi connectivity index (χ2v) is 5.87. The number of rotatable bonds is 6. The second kappa shape index (κ2) is 7.92. The number of nitro benzene ring substituents is 1. The van der Waals surface area contributed by atoms with Gasteiger partial charge in [0.15, 0.2) is 18.1 Å². The third kappa shape index (κ3) is 4.45. The second-order valence-electron chi connectivity index (χ2n) is 5.46. The Morgan fingerprint density at radius 3 is 2.74 bits per heavy atom. The normalized spacial score (nSPS) is 11.7. The van der Waals surface area contributed by atoms with E-state index in [9.17, 15) is 19.7 Å². The number of esters is 1. The van der Waals surface area contributed by atoms with E-state index >= 15 is 0 Å². The van der Waals surface area contributed by atoms with Gasteiger partial charge in [-0.25, -0.2) is 4.79 Å². The lowest BCUT2D eigenvalue weighted by atomic mass is 10.2. The van der Waals surface area contributed by atoms with Crippen molar-refractivity contribution in [3.05, 3.63) is 62.7 Å². The highest BCUT2D eigenvalue weighted by molar-refractivity contribution is 6.33. The number of hydrogen-bond acceptors (Lipinski definition) is 7. The number of non-ortho nitro benzene ring substituents is 1. The molecule has 0 spiro atoms. The number of amides is 1. The first-order valence-corrected chi connectivity index (χ1v) is 8.08. The van der Waals surface area contributed by atoms with Crippen molar-refractivity contribution in [3.63, 3.8) is 0 Å². The van der Waals surface area contributed by atoms with E-state index in [4.69, 9.17) is 25.8 Å². The van der Waals surface area contributed by atoms with Crippen molar-refractivity contribution >= 4 is 29.2 Å². The van der Waals surface area contributed by atoms with Crippen LogP contribution in [0.1, 0.15) is 15.9 Å². The summed E-state index contributed by atoms with van der Waals surface area (Å²) in [6.07, 6.45) is 0. The Labute approximate surface area is 157 Å². The van der Waals surface area contributed by atoms with Gasteiger partial charge in [-0.05, 0) is 23.8 Å². The molecule has 1 N–H and O–H groups in total. The molecule has 2 aromatic carbocycles. The van der Waals surface area contributed by atoms with Crippen molar-refractivity contribution in [2.75, 3.05) is 13.4 Å². The van der Waals surface area contributed by atoms with Crippen molar-refractivity contribution in [3.8, 4) is 11.5 Å². The van der Waals surface area contributed by atoms with E-state index in [0.29, 0.717) is 11.5 Å². The van der Waals surface area contributed by atoms with E-state index in [1.54, 1.807) is 18.2 Å². The molecule has 1 aliphatic rings. The number of hydrogen-bond donors (Lipinski definition) is 1. The van der Waals surface area contributed by atoms with Gasteiger partial charge in [0.1, 0.15) is 0 Å². The fourth-order valence-corrected chi connectivity index (χ4v) is 2.49. The van der Waals surface area contributed by atoms with E-state index in [1.165, 1.54) is 6.07 Å². The summed E-state index contributed by atoms with van der Waals surface area (Å²) < 4.78 is 15.3. The van der Waals surface area contributed by atoms with Crippen LogP contribution in [0.4, 0.5) is 5.69 Å². The van der Waals surface area contributed by atoms with Gasteiger partial charge >= 0.3 is 5.97 Å². The van der Waals surface area contributed by atoms with Gasteiger partial charge in [-0.3, -0.25) is 14.9 Å². The fraction of sp³-hybridized carbons (Fsp3) is 0.176.